The summed E-state index contributed by atoms with van der Waals surface area (Å²) in [5, 5.41) is 16.4. The number of benzene rings is 3. The molecular weight excluding hydrogens is 705 g/mol. The van der Waals surface area contributed by atoms with Crippen LogP contribution in [0.4, 0.5) is 26.3 Å². The lowest BCUT2D eigenvalue weighted by molar-refractivity contribution is -0.193. The van der Waals surface area contributed by atoms with Gasteiger partial charge in [0.1, 0.15) is 5.54 Å². The van der Waals surface area contributed by atoms with Crippen molar-refractivity contribution in [3.63, 3.8) is 0 Å². The maximum Gasteiger partial charge on any atom is 0.490 e. The van der Waals surface area contributed by atoms with Crippen molar-refractivity contribution < 1.29 is 46.1 Å². The van der Waals surface area contributed by atoms with Gasteiger partial charge in [-0.3, -0.25) is 4.79 Å². The SMILES string of the molecule is CCn1cncc1C(N)(c1ccc(Cl)cc1)c1ccc2c(c1)c(-c1cccc(Cl)c1)cc(=O)n2C.O=C(O)C(F)(F)F.O=C(O)C(F)(F)F. The number of fused-ring (bicyclic) bond motifs is 1. The maximum atomic E-state index is 12.8. The van der Waals surface area contributed by atoms with Gasteiger partial charge in [-0.2, -0.15) is 26.3 Å². The minimum Gasteiger partial charge on any atom is -0.475 e. The van der Waals surface area contributed by atoms with Gasteiger partial charge in [0.2, 0.25) is 0 Å². The van der Waals surface area contributed by atoms with Crippen LogP contribution in [0.15, 0.2) is 90.1 Å². The number of rotatable bonds is 5. The van der Waals surface area contributed by atoms with Gasteiger partial charge in [-0.15, -0.1) is 0 Å². The number of nitrogens with two attached hydrogens (primary N) is 1. The molecule has 0 fully saturated rings. The number of imidazole rings is 1. The number of aromatic nitrogens is 3. The molecule has 4 N–H and O–H groups in total. The van der Waals surface area contributed by atoms with Crippen LogP contribution in [0.3, 0.4) is 0 Å². The highest BCUT2D eigenvalue weighted by Gasteiger charge is 2.39. The van der Waals surface area contributed by atoms with Crippen molar-refractivity contribution in [1.29, 1.82) is 0 Å². The number of alkyl halides is 6. The standard InChI is InChI=1S/C28H24Cl2N4O.2C2HF3O2/c1-3-34-17-32-16-26(34)28(31,19-7-10-21(29)11-8-19)20-9-12-25-24(14-20)23(15-27(35)33(25)2)18-5-4-6-22(30)13-18;2*3-2(4,5)1(6)7/h4-17H,3,31H2,1-2H3;2*(H,6,7). The normalized spacial score (nSPS) is 12.6. The molecule has 0 saturated heterocycles. The molecule has 0 spiro atoms. The summed E-state index contributed by atoms with van der Waals surface area (Å²) in [6, 6.07) is 22.7. The van der Waals surface area contributed by atoms with Gasteiger partial charge in [0.05, 0.1) is 23.7 Å². The van der Waals surface area contributed by atoms with E-state index in [-0.39, 0.29) is 5.56 Å². The van der Waals surface area contributed by atoms with E-state index in [9.17, 15) is 31.1 Å². The predicted molar refractivity (Wildman–Crippen MR) is 170 cm³/mol. The highest BCUT2D eigenvalue weighted by molar-refractivity contribution is 6.31. The zero-order valence-corrected chi connectivity index (χ0v) is 26.9. The first-order valence-electron chi connectivity index (χ1n) is 13.8. The van der Waals surface area contributed by atoms with Crippen molar-refractivity contribution in [2.45, 2.75) is 31.4 Å². The third-order valence-electron chi connectivity index (χ3n) is 7.08. The number of pyridine rings is 1. The second-order valence-electron chi connectivity index (χ2n) is 10.2. The number of hydrogen-bond donors (Lipinski definition) is 3. The topological polar surface area (TPSA) is 140 Å². The number of aliphatic carboxylic acids is 2. The van der Waals surface area contributed by atoms with E-state index in [0.717, 1.165) is 45.4 Å². The largest absolute Gasteiger partial charge is 0.490 e. The minimum atomic E-state index is -5.08. The summed E-state index contributed by atoms with van der Waals surface area (Å²) in [5.41, 5.74) is 11.3. The number of carbonyl (C=O) groups is 2. The monoisotopic (exact) mass is 730 g/mol. The average molecular weight is 731 g/mol. The smallest absolute Gasteiger partial charge is 0.475 e. The number of carboxylic acids is 2. The van der Waals surface area contributed by atoms with E-state index in [1.165, 1.54) is 0 Å². The molecule has 5 aromatic rings. The third-order valence-corrected chi connectivity index (χ3v) is 7.57. The lowest BCUT2D eigenvalue weighted by atomic mass is 9.80. The van der Waals surface area contributed by atoms with Crippen molar-refractivity contribution in [1.82, 2.24) is 14.1 Å². The lowest BCUT2D eigenvalue weighted by Gasteiger charge is -2.32. The van der Waals surface area contributed by atoms with E-state index in [1.807, 2.05) is 65.2 Å². The number of carboxylic acid groups (broad SMARTS) is 2. The van der Waals surface area contributed by atoms with Gasteiger partial charge < -0.3 is 25.1 Å². The zero-order valence-electron chi connectivity index (χ0n) is 25.4. The first kappa shape index (κ1) is 38.6. The van der Waals surface area contributed by atoms with Gasteiger partial charge in [0.15, 0.2) is 0 Å². The Hall–Kier alpha value is -4.86. The molecule has 0 amide bonds. The Morgan fingerprint density at radius 3 is 1.90 bits per heavy atom. The molecule has 1 atom stereocenters. The summed E-state index contributed by atoms with van der Waals surface area (Å²) in [6.07, 6.45) is -6.57. The molecule has 260 valence electrons. The minimum absolute atomic E-state index is 0.0963. The molecule has 0 radical (unpaired) electrons. The fourth-order valence-corrected chi connectivity index (χ4v) is 4.99. The highest BCUT2D eigenvalue weighted by Crippen LogP contribution is 2.38. The summed E-state index contributed by atoms with van der Waals surface area (Å²) in [6.45, 7) is 2.78. The van der Waals surface area contributed by atoms with E-state index in [0.29, 0.717) is 10.0 Å². The maximum absolute atomic E-state index is 12.8. The van der Waals surface area contributed by atoms with E-state index in [2.05, 4.69) is 18.0 Å². The molecule has 0 aliphatic heterocycles. The van der Waals surface area contributed by atoms with E-state index >= 15 is 0 Å². The van der Waals surface area contributed by atoms with Crippen LogP contribution in [-0.4, -0.2) is 48.6 Å². The van der Waals surface area contributed by atoms with E-state index in [1.54, 1.807) is 30.2 Å². The molecule has 0 aliphatic carbocycles. The van der Waals surface area contributed by atoms with Crippen LogP contribution in [-0.2, 0) is 28.7 Å². The molecule has 5 rings (SSSR count). The van der Waals surface area contributed by atoms with E-state index in [4.69, 9.17) is 48.7 Å². The van der Waals surface area contributed by atoms with Crippen molar-refractivity contribution in [2.75, 3.05) is 0 Å². The molecule has 1 unspecified atom stereocenters. The van der Waals surface area contributed by atoms with Gasteiger partial charge in [0.25, 0.3) is 5.56 Å². The van der Waals surface area contributed by atoms with Gasteiger partial charge >= 0.3 is 24.3 Å². The van der Waals surface area contributed by atoms with Crippen molar-refractivity contribution in [2.24, 2.45) is 12.8 Å². The Morgan fingerprint density at radius 2 is 1.39 bits per heavy atom. The Kier molecular flexibility index (Phi) is 11.9. The van der Waals surface area contributed by atoms with Crippen LogP contribution in [0.1, 0.15) is 23.7 Å². The Labute approximate surface area is 283 Å². The van der Waals surface area contributed by atoms with Crippen LogP contribution in [0.25, 0.3) is 22.0 Å². The fraction of sp³-hybridized carbons (Fsp3) is 0.188. The molecule has 49 heavy (non-hydrogen) atoms. The van der Waals surface area contributed by atoms with Crippen molar-refractivity contribution in [3.05, 3.63) is 123 Å². The third kappa shape index (κ3) is 8.99. The summed E-state index contributed by atoms with van der Waals surface area (Å²) in [5.74, 6) is -5.51. The second-order valence-corrected chi connectivity index (χ2v) is 11.1. The molecule has 2 heterocycles. The highest BCUT2D eigenvalue weighted by atomic mass is 35.5. The van der Waals surface area contributed by atoms with Gasteiger partial charge in [-0.05, 0) is 65.6 Å². The zero-order chi connectivity index (χ0) is 36.9. The predicted octanol–water partition coefficient (Wildman–Crippen LogP) is 7.25. The van der Waals surface area contributed by atoms with Crippen LogP contribution < -0.4 is 11.3 Å². The summed E-state index contributed by atoms with van der Waals surface area (Å²) in [4.78, 5) is 35.0. The molecular formula is C32H26Cl2F6N4O5. The number of hydrogen-bond acceptors (Lipinski definition) is 5. The molecule has 0 aliphatic rings. The van der Waals surface area contributed by atoms with E-state index < -0.39 is 29.8 Å². The molecule has 0 bridgehead atoms. The van der Waals surface area contributed by atoms with Crippen LogP contribution in [0.2, 0.25) is 10.0 Å². The molecule has 2 aromatic heterocycles. The number of halogens is 8. The number of aryl methyl sites for hydroxylation is 2. The van der Waals surface area contributed by atoms with Gasteiger partial charge in [-0.25, -0.2) is 14.6 Å². The molecule has 9 nitrogen and oxygen atoms in total. The molecule has 3 aromatic carbocycles. The Bertz CT molecular complexity index is 2000. The molecule has 17 heteroatoms. The van der Waals surface area contributed by atoms with Crippen molar-refractivity contribution >= 4 is 46.0 Å². The molecule has 0 saturated carbocycles. The summed E-state index contributed by atoms with van der Waals surface area (Å²) >= 11 is 12.5. The van der Waals surface area contributed by atoms with Crippen LogP contribution in [0.5, 0.6) is 0 Å². The quantitative estimate of drug-likeness (QED) is 0.162. The fourth-order valence-electron chi connectivity index (χ4n) is 4.68. The second kappa shape index (κ2) is 15.1. The number of nitrogens with zero attached hydrogens (tertiary/aromatic N) is 3. The first-order chi connectivity index (χ1) is 22.7. The Morgan fingerprint density at radius 1 is 0.837 bits per heavy atom. The Balaban J connectivity index is 0.000000392. The van der Waals surface area contributed by atoms with Gasteiger partial charge in [-0.1, -0.05) is 53.5 Å². The van der Waals surface area contributed by atoms with Crippen molar-refractivity contribution in [3.8, 4) is 11.1 Å². The summed E-state index contributed by atoms with van der Waals surface area (Å²) < 4.78 is 67.2. The first-order valence-corrected chi connectivity index (χ1v) is 14.5. The van der Waals surface area contributed by atoms with Crippen LogP contribution in [0, 0.1) is 0 Å². The average Bonchev–Trinajstić information content (AvgIpc) is 3.52. The lowest BCUT2D eigenvalue weighted by Crippen LogP contribution is -2.41. The van der Waals surface area contributed by atoms with Crippen LogP contribution >= 0.6 is 23.2 Å². The van der Waals surface area contributed by atoms with Gasteiger partial charge in [0, 0.05) is 35.1 Å². The summed E-state index contributed by atoms with van der Waals surface area (Å²) in [7, 11) is 1.77.